The van der Waals surface area contributed by atoms with E-state index in [1.165, 1.54) is 12.1 Å². The molecular weight excluding hydrogens is 522 g/mol. The molecule has 6 N–H and O–H groups in total. The number of phenolic OH excluding ortho intramolecular Hbond substituents is 1. The van der Waals surface area contributed by atoms with E-state index in [2.05, 4.69) is 15.6 Å². The summed E-state index contributed by atoms with van der Waals surface area (Å²) < 4.78 is 5.95. The number of rotatable bonds is 15. The maximum Gasteiger partial charge on any atom is 0.405 e. The molecule has 9 nitrogen and oxygen atoms in total. The Kier molecular flexibility index (Phi) is 10.8. The van der Waals surface area contributed by atoms with Gasteiger partial charge in [0, 0.05) is 18.0 Å². The normalized spacial score (nSPS) is 12.6. The number of aromatic amines is 1. The van der Waals surface area contributed by atoms with E-state index in [4.69, 9.17) is 4.74 Å². The highest BCUT2D eigenvalue weighted by Crippen LogP contribution is 2.29. The Bertz CT molecular complexity index is 1470. The van der Waals surface area contributed by atoms with Gasteiger partial charge in [0.15, 0.2) is 0 Å². The zero-order chi connectivity index (χ0) is 29.0. The maximum atomic E-state index is 11.6. The first-order valence-corrected chi connectivity index (χ1v) is 13.9. The summed E-state index contributed by atoms with van der Waals surface area (Å²) in [6, 6.07) is 22.7. The van der Waals surface area contributed by atoms with Crippen LogP contribution in [0.5, 0.6) is 11.5 Å². The van der Waals surface area contributed by atoms with Gasteiger partial charge in [-0.3, -0.25) is 4.79 Å². The molecule has 0 saturated carbocycles. The van der Waals surface area contributed by atoms with E-state index in [1.807, 2.05) is 54.6 Å². The van der Waals surface area contributed by atoms with Gasteiger partial charge in [0.25, 0.3) is 0 Å². The fourth-order valence-corrected chi connectivity index (χ4v) is 4.88. The molecule has 2 atom stereocenters. The molecule has 216 valence electrons. The highest BCUT2D eigenvalue weighted by molar-refractivity contribution is 5.87. The molecule has 1 aromatic heterocycles. The Labute approximate surface area is 238 Å². The number of nitrogens with one attached hydrogen (secondary N) is 3. The number of amides is 1. The third-order valence-electron chi connectivity index (χ3n) is 6.96. The van der Waals surface area contributed by atoms with Crippen LogP contribution in [0.1, 0.15) is 60.9 Å². The van der Waals surface area contributed by atoms with Crippen molar-refractivity contribution in [1.82, 2.24) is 15.6 Å². The van der Waals surface area contributed by atoms with Crippen LogP contribution < -0.4 is 20.9 Å². The molecule has 0 aliphatic rings. The predicted octanol–water partition coefficient (Wildman–Crippen LogP) is 5.24. The number of benzene rings is 3. The number of hydrogen-bond acceptors (Lipinski definition) is 6. The molecule has 4 aromatic rings. The lowest BCUT2D eigenvalue weighted by atomic mass is 9.98. The predicted molar refractivity (Wildman–Crippen MR) is 159 cm³/mol. The number of aromatic hydroxyl groups is 1. The molecule has 0 spiro atoms. The smallest absolute Gasteiger partial charge is 0.405 e. The van der Waals surface area contributed by atoms with Gasteiger partial charge in [-0.05, 0) is 60.3 Å². The molecule has 1 amide bonds. The summed E-state index contributed by atoms with van der Waals surface area (Å²) in [5, 5.41) is 36.5. The maximum absolute atomic E-state index is 11.6. The van der Waals surface area contributed by atoms with Crippen LogP contribution >= 0.6 is 0 Å². The number of fused-ring (bicyclic) bond motifs is 1. The SMILES string of the molecule is O=C(O)NC(c1ccccc1)c1cccc(OCCCCCCCNC[C@@H](O)c2ccc(O)c3[nH]c(=O)ccc23)c1. The topological polar surface area (TPSA) is 144 Å². The largest absolute Gasteiger partial charge is 0.506 e. The number of unbranched alkanes of at least 4 members (excludes halogenated alkanes) is 4. The molecule has 0 aliphatic carbocycles. The van der Waals surface area contributed by atoms with Crippen molar-refractivity contribution < 1.29 is 24.9 Å². The van der Waals surface area contributed by atoms with Crippen molar-refractivity contribution in [3.05, 3.63) is 106 Å². The zero-order valence-corrected chi connectivity index (χ0v) is 22.9. The van der Waals surface area contributed by atoms with Crippen LogP contribution in [0.25, 0.3) is 10.9 Å². The fraction of sp³-hybridized carbons (Fsp3) is 0.312. The molecule has 4 rings (SSSR count). The van der Waals surface area contributed by atoms with Gasteiger partial charge >= 0.3 is 6.09 Å². The highest BCUT2D eigenvalue weighted by atomic mass is 16.5. The van der Waals surface area contributed by atoms with Crippen molar-refractivity contribution in [1.29, 1.82) is 0 Å². The molecule has 0 aliphatic heterocycles. The molecule has 1 unspecified atom stereocenters. The monoisotopic (exact) mass is 559 g/mol. The lowest BCUT2D eigenvalue weighted by molar-refractivity contribution is 0.176. The summed E-state index contributed by atoms with van der Waals surface area (Å²) in [5.74, 6) is 0.691. The third kappa shape index (κ3) is 8.57. The Hall–Kier alpha value is -4.34. The van der Waals surface area contributed by atoms with Crippen LogP contribution in [0.2, 0.25) is 0 Å². The van der Waals surface area contributed by atoms with Gasteiger partial charge in [0.2, 0.25) is 5.56 Å². The number of carboxylic acid groups (broad SMARTS) is 1. The fourth-order valence-electron chi connectivity index (χ4n) is 4.88. The van der Waals surface area contributed by atoms with Crippen LogP contribution in [-0.2, 0) is 0 Å². The van der Waals surface area contributed by atoms with Crippen LogP contribution in [0, 0.1) is 0 Å². The van der Waals surface area contributed by atoms with E-state index in [0.717, 1.165) is 49.8 Å². The molecule has 3 aromatic carbocycles. The molecule has 41 heavy (non-hydrogen) atoms. The minimum atomic E-state index is -1.08. The lowest BCUT2D eigenvalue weighted by Crippen LogP contribution is -2.27. The van der Waals surface area contributed by atoms with Gasteiger partial charge < -0.3 is 35.7 Å². The summed E-state index contributed by atoms with van der Waals surface area (Å²) in [4.78, 5) is 25.6. The summed E-state index contributed by atoms with van der Waals surface area (Å²) >= 11 is 0. The second-order valence-corrected chi connectivity index (χ2v) is 9.99. The molecule has 0 radical (unpaired) electrons. The van der Waals surface area contributed by atoms with Crippen molar-refractivity contribution in [3.63, 3.8) is 0 Å². The number of carbonyl (C=O) groups is 1. The minimum absolute atomic E-state index is 0.0229. The minimum Gasteiger partial charge on any atom is -0.506 e. The first-order chi connectivity index (χ1) is 19.9. The zero-order valence-electron chi connectivity index (χ0n) is 22.9. The van der Waals surface area contributed by atoms with Gasteiger partial charge in [-0.1, -0.05) is 67.8 Å². The average molecular weight is 560 g/mol. The molecule has 0 saturated heterocycles. The van der Waals surface area contributed by atoms with Gasteiger partial charge in [-0.2, -0.15) is 0 Å². The lowest BCUT2D eigenvalue weighted by Gasteiger charge is -2.19. The molecule has 0 fully saturated rings. The molecule has 1 heterocycles. The summed E-state index contributed by atoms with van der Waals surface area (Å²) in [7, 11) is 0. The van der Waals surface area contributed by atoms with Gasteiger partial charge in [-0.25, -0.2) is 4.79 Å². The van der Waals surface area contributed by atoms with E-state index in [9.17, 15) is 24.9 Å². The van der Waals surface area contributed by atoms with Crippen molar-refractivity contribution >= 4 is 17.0 Å². The summed E-state index contributed by atoms with van der Waals surface area (Å²) in [5.41, 5.74) is 2.36. The first-order valence-electron chi connectivity index (χ1n) is 13.9. The number of aliphatic hydroxyl groups is 1. The number of ether oxygens (including phenoxy) is 1. The Morgan fingerprint density at radius 1 is 0.878 bits per heavy atom. The van der Waals surface area contributed by atoms with Crippen LogP contribution in [0.15, 0.2) is 83.7 Å². The standard InChI is InChI=1S/C32H37N3O6/c36-27-16-14-25(26-15-17-29(38)34-31(26)27)28(37)21-33-18-7-2-1-3-8-19-41-24-13-9-12-23(20-24)30(35-32(39)40)22-10-5-4-6-11-22/h4-6,9-17,20,28,30,33,35-37H,1-3,7-8,18-19,21H2,(H,34,38)(H,39,40)/t28-,30?/m1/s1. The van der Waals surface area contributed by atoms with Crippen LogP contribution in [0.3, 0.4) is 0 Å². The van der Waals surface area contributed by atoms with Gasteiger partial charge in [-0.15, -0.1) is 0 Å². The second-order valence-electron chi connectivity index (χ2n) is 9.99. The highest BCUT2D eigenvalue weighted by Gasteiger charge is 2.17. The van der Waals surface area contributed by atoms with Crippen molar-refractivity contribution in [2.45, 2.75) is 44.2 Å². The number of phenols is 1. The van der Waals surface area contributed by atoms with E-state index in [1.54, 1.807) is 12.1 Å². The molecule has 9 heteroatoms. The van der Waals surface area contributed by atoms with Gasteiger partial charge in [0.1, 0.15) is 11.5 Å². The van der Waals surface area contributed by atoms with Crippen LogP contribution in [0.4, 0.5) is 4.79 Å². The Balaban J connectivity index is 1.13. The summed E-state index contributed by atoms with van der Waals surface area (Å²) in [6.45, 7) is 1.74. The van der Waals surface area contributed by atoms with E-state index in [0.29, 0.717) is 35.4 Å². The quantitative estimate of drug-likeness (QED) is 0.109. The van der Waals surface area contributed by atoms with Gasteiger partial charge in [0.05, 0.1) is 24.3 Å². The Morgan fingerprint density at radius 2 is 1.63 bits per heavy atom. The molecular formula is C32H37N3O6. The van der Waals surface area contributed by atoms with Crippen molar-refractivity contribution in [2.75, 3.05) is 19.7 Å². The Morgan fingerprint density at radius 3 is 2.44 bits per heavy atom. The number of aliphatic hydroxyl groups excluding tert-OH is 1. The van der Waals surface area contributed by atoms with E-state index >= 15 is 0 Å². The summed E-state index contributed by atoms with van der Waals surface area (Å²) in [6.07, 6.45) is 3.22. The third-order valence-corrected chi connectivity index (χ3v) is 6.96. The number of aromatic nitrogens is 1. The van der Waals surface area contributed by atoms with Crippen molar-refractivity contribution in [3.8, 4) is 11.5 Å². The van der Waals surface area contributed by atoms with E-state index in [-0.39, 0.29) is 11.3 Å². The number of hydrogen-bond donors (Lipinski definition) is 6. The number of pyridine rings is 1. The first kappa shape index (κ1) is 29.6. The average Bonchev–Trinajstić information content (AvgIpc) is 2.97. The number of H-pyrrole nitrogens is 1. The second kappa shape index (κ2) is 14.9. The van der Waals surface area contributed by atoms with Crippen LogP contribution in [-0.4, -0.2) is 46.1 Å². The van der Waals surface area contributed by atoms with Crippen molar-refractivity contribution in [2.24, 2.45) is 0 Å². The molecule has 0 bridgehead atoms. The van der Waals surface area contributed by atoms with E-state index < -0.39 is 18.2 Å².